The Hall–Kier alpha value is -0.380. The van der Waals surface area contributed by atoms with E-state index in [2.05, 4.69) is 29.5 Å². The number of halogens is 1. The number of hydrogen-bond acceptors (Lipinski definition) is 1. The number of hydrogen-bond donors (Lipinski definition) is 0. The number of rotatable bonds is 4. The zero-order valence-corrected chi connectivity index (χ0v) is 11.6. The van der Waals surface area contributed by atoms with Crippen LogP contribution in [0.4, 0.5) is 0 Å². The number of alkyl halides is 1. The number of carbonyl (C=O) groups excluding carboxylic acids is 1. The number of ketones is 1. The molecule has 0 N–H and O–H groups in total. The Morgan fingerprint density at radius 1 is 1.33 bits per heavy atom. The fourth-order valence-electron chi connectivity index (χ4n) is 1.29. The highest BCUT2D eigenvalue weighted by molar-refractivity contribution is 14.1. The molecule has 0 saturated carbocycles. The Bertz CT molecular complexity index is 330. The third-order valence-corrected chi connectivity index (χ3v) is 4.16. The minimum Gasteiger partial charge on any atom is -0.298 e. The minimum atomic E-state index is -0.221. The molecule has 15 heavy (non-hydrogen) atoms. The Morgan fingerprint density at radius 3 is 2.33 bits per heavy atom. The molecule has 0 aliphatic carbocycles. The van der Waals surface area contributed by atoms with Gasteiger partial charge in [-0.05, 0) is 12.0 Å². The van der Waals surface area contributed by atoms with Crippen molar-refractivity contribution in [3.05, 3.63) is 35.9 Å². The molecule has 0 saturated heterocycles. The summed E-state index contributed by atoms with van der Waals surface area (Å²) in [6.07, 6.45) is 0.887. The molecule has 1 aromatic carbocycles. The van der Waals surface area contributed by atoms with Gasteiger partial charge in [0.15, 0.2) is 5.78 Å². The summed E-state index contributed by atoms with van der Waals surface area (Å²) in [5.41, 5.74) is 0.881. The van der Waals surface area contributed by atoms with Crippen LogP contribution in [0, 0.1) is 5.41 Å². The summed E-state index contributed by atoms with van der Waals surface area (Å²) in [6, 6.07) is 9.96. The lowest BCUT2D eigenvalue weighted by molar-refractivity contribution is -0.126. The highest BCUT2D eigenvalue weighted by atomic mass is 127. The van der Waals surface area contributed by atoms with Gasteiger partial charge < -0.3 is 0 Å². The zero-order chi connectivity index (χ0) is 11.5. The van der Waals surface area contributed by atoms with E-state index in [9.17, 15) is 4.79 Å². The van der Waals surface area contributed by atoms with Crippen LogP contribution in [0.25, 0.3) is 0 Å². The molecule has 0 fully saturated rings. The molecule has 0 heterocycles. The van der Waals surface area contributed by atoms with Crippen molar-refractivity contribution in [1.29, 1.82) is 0 Å². The highest BCUT2D eigenvalue weighted by Crippen LogP contribution is 2.34. The van der Waals surface area contributed by atoms with Gasteiger partial charge in [0.1, 0.15) is 0 Å². The quantitative estimate of drug-likeness (QED) is 0.602. The van der Waals surface area contributed by atoms with Crippen molar-refractivity contribution in [2.75, 3.05) is 0 Å². The summed E-state index contributed by atoms with van der Waals surface area (Å²) in [4.78, 5) is 12.2. The molecule has 0 spiro atoms. The molecule has 82 valence electrons. The van der Waals surface area contributed by atoms with Crippen LogP contribution in [0.5, 0.6) is 0 Å². The average molecular weight is 316 g/mol. The molecule has 1 atom stereocenters. The molecule has 0 aliphatic heterocycles. The molecule has 2 heteroatoms. The lowest BCUT2D eigenvalue weighted by atomic mass is 9.82. The lowest BCUT2D eigenvalue weighted by Gasteiger charge is -2.24. The number of carbonyl (C=O) groups is 1. The van der Waals surface area contributed by atoms with E-state index in [0.29, 0.717) is 5.78 Å². The second kappa shape index (κ2) is 5.10. The van der Waals surface area contributed by atoms with E-state index < -0.39 is 0 Å². The molecule has 0 amide bonds. The molecule has 1 aromatic rings. The van der Waals surface area contributed by atoms with Gasteiger partial charge in [-0.1, -0.05) is 73.7 Å². The molecule has 0 bridgehead atoms. The summed E-state index contributed by atoms with van der Waals surface area (Å²) in [7, 11) is 0. The normalized spacial score (nSPS) is 13.6. The first-order chi connectivity index (χ1) is 6.99. The smallest absolute Gasteiger partial charge is 0.155 e. The average Bonchev–Trinajstić information content (AvgIpc) is 2.28. The van der Waals surface area contributed by atoms with Gasteiger partial charge in [-0.15, -0.1) is 0 Å². The molecule has 0 aromatic heterocycles. The third-order valence-electron chi connectivity index (χ3n) is 2.87. The largest absolute Gasteiger partial charge is 0.298 e. The van der Waals surface area contributed by atoms with Crippen LogP contribution < -0.4 is 0 Å². The summed E-state index contributed by atoms with van der Waals surface area (Å²) < 4.78 is -0.0289. The fourth-order valence-corrected chi connectivity index (χ4v) is 2.55. The topological polar surface area (TPSA) is 17.1 Å². The van der Waals surface area contributed by atoms with Gasteiger partial charge in [0.2, 0.25) is 0 Å². The van der Waals surface area contributed by atoms with Gasteiger partial charge in [0.25, 0.3) is 0 Å². The van der Waals surface area contributed by atoms with Crippen molar-refractivity contribution in [1.82, 2.24) is 0 Å². The summed E-state index contributed by atoms with van der Waals surface area (Å²) in [6.45, 7) is 6.10. The molecule has 1 rings (SSSR count). The zero-order valence-electron chi connectivity index (χ0n) is 9.46. The standard InChI is InChI=1S/C13H17IO/c1-4-13(2,3)12(15)11(14)10-8-6-5-7-9-10/h5-9,11H,4H2,1-3H3. The van der Waals surface area contributed by atoms with Gasteiger partial charge in [-0.25, -0.2) is 0 Å². The predicted octanol–water partition coefficient (Wildman–Crippen LogP) is 4.17. The second-order valence-electron chi connectivity index (χ2n) is 4.37. The maximum absolute atomic E-state index is 12.2. The van der Waals surface area contributed by atoms with Gasteiger partial charge in [-0.3, -0.25) is 4.79 Å². The highest BCUT2D eigenvalue weighted by Gasteiger charge is 2.31. The van der Waals surface area contributed by atoms with Crippen molar-refractivity contribution in [3.63, 3.8) is 0 Å². The van der Waals surface area contributed by atoms with E-state index in [1.54, 1.807) is 0 Å². The van der Waals surface area contributed by atoms with Crippen LogP contribution in [-0.4, -0.2) is 5.78 Å². The van der Waals surface area contributed by atoms with Crippen molar-refractivity contribution in [2.45, 2.75) is 31.1 Å². The van der Waals surface area contributed by atoms with Crippen molar-refractivity contribution >= 4 is 28.4 Å². The van der Waals surface area contributed by atoms with Gasteiger partial charge in [0.05, 0.1) is 3.92 Å². The monoisotopic (exact) mass is 316 g/mol. The van der Waals surface area contributed by atoms with Crippen LogP contribution >= 0.6 is 22.6 Å². The minimum absolute atomic E-state index is 0.0289. The van der Waals surface area contributed by atoms with Gasteiger partial charge >= 0.3 is 0 Å². The fraction of sp³-hybridized carbons (Fsp3) is 0.462. The van der Waals surface area contributed by atoms with E-state index in [-0.39, 0.29) is 9.34 Å². The Labute approximate surface area is 105 Å². The maximum atomic E-state index is 12.2. The van der Waals surface area contributed by atoms with Crippen LogP contribution in [0.1, 0.15) is 36.7 Å². The SMILES string of the molecule is CCC(C)(C)C(=O)C(I)c1ccccc1. The molecule has 0 aliphatic rings. The van der Waals surface area contributed by atoms with Crippen LogP contribution in [0.2, 0.25) is 0 Å². The number of Topliss-reactive ketones (excluding diaryl/α,β-unsaturated/α-hetero) is 1. The molecule has 0 radical (unpaired) electrons. The van der Waals surface area contributed by atoms with Crippen LogP contribution in [-0.2, 0) is 4.79 Å². The molecular weight excluding hydrogens is 299 g/mol. The van der Waals surface area contributed by atoms with E-state index >= 15 is 0 Å². The van der Waals surface area contributed by atoms with E-state index in [1.165, 1.54) is 0 Å². The first-order valence-corrected chi connectivity index (χ1v) is 6.47. The molecular formula is C13H17IO. The van der Waals surface area contributed by atoms with Crippen molar-refractivity contribution < 1.29 is 4.79 Å². The van der Waals surface area contributed by atoms with Crippen LogP contribution in [0.15, 0.2) is 30.3 Å². The van der Waals surface area contributed by atoms with E-state index in [0.717, 1.165) is 12.0 Å². The maximum Gasteiger partial charge on any atom is 0.155 e. The first kappa shape index (κ1) is 12.7. The Morgan fingerprint density at radius 2 is 1.87 bits per heavy atom. The lowest BCUT2D eigenvalue weighted by Crippen LogP contribution is -2.26. The summed E-state index contributed by atoms with van der Waals surface area (Å²) in [5.74, 6) is 0.316. The van der Waals surface area contributed by atoms with Crippen molar-refractivity contribution in [2.24, 2.45) is 5.41 Å². The van der Waals surface area contributed by atoms with Gasteiger partial charge in [-0.2, -0.15) is 0 Å². The summed E-state index contributed by atoms with van der Waals surface area (Å²) in [5, 5.41) is 0. The predicted molar refractivity (Wildman–Crippen MR) is 72.3 cm³/mol. The summed E-state index contributed by atoms with van der Waals surface area (Å²) >= 11 is 2.23. The van der Waals surface area contributed by atoms with Crippen LogP contribution in [0.3, 0.4) is 0 Å². The first-order valence-electron chi connectivity index (χ1n) is 5.22. The van der Waals surface area contributed by atoms with Gasteiger partial charge in [0, 0.05) is 5.41 Å². The molecule has 1 nitrogen and oxygen atoms in total. The third kappa shape index (κ3) is 3.03. The Kier molecular flexibility index (Phi) is 4.32. The van der Waals surface area contributed by atoms with E-state index in [4.69, 9.17) is 0 Å². The number of benzene rings is 1. The molecule has 1 unspecified atom stereocenters. The second-order valence-corrected chi connectivity index (χ2v) is 5.62. The van der Waals surface area contributed by atoms with E-state index in [1.807, 2.05) is 44.2 Å². The Balaban J connectivity index is 2.87. The van der Waals surface area contributed by atoms with Crippen molar-refractivity contribution in [3.8, 4) is 0 Å².